The number of nitrogens with zero attached hydrogens (tertiary/aromatic N) is 1. The first-order chi connectivity index (χ1) is 15.4. The van der Waals surface area contributed by atoms with Gasteiger partial charge in [0.25, 0.3) is 5.91 Å². The summed E-state index contributed by atoms with van der Waals surface area (Å²) in [4.78, 5) is 14.3. The quantitative estimate of drug-likeness (QED) is 0.300. The predicted molar refractivity (Wildman–Crippen MR) is 131 cm³/mol. The van der Waals surface area contributed by atoms with E-state index >= 15 is 0 Å². The third kappa shape index (κ3) is 4.98. The number of amides is 1. The molecule has 1 aromatic heterocycles. The van der Waals surface area contributed by atoms with E-state index in [1.54, 1.807) is 54.6 Å². The second kappa shape index (κ2) is 9.77. The van der Waals surface area contributed by atoms with E-state index in [0.29, 0.717) is 45.4 Å². The van der Waals surface area contributed by atoms with Crippen LogP contribution >= 0.6 is 39.7 Å². The first kappa shape index (κ1) is 22.4. The smallest absolute Gasteiger partial charge is 0.281 e. The minimum atomic E-state index is -0.269. The van der Waals surface area contributed by atoms with E-state index in [0.717, 1.165) is 10.2 Å². The minimum absolute atomic E-state index is 0.197. The Morgan fingerprint density at radius 1 is 1.16 bits per heavy atom. The molecule has 1 fully saturated rings. The largest absolute Gasteiger partial charge is 0.494 e. The highest BCUT2D eigenvalue weighted by Gasteiger charge is 2.32. The maximum atomic E-state index is 12.9. The van der Waals surface area contributed by atoms with Crippen LogP contribution in [0.5, 0.6) is 11.5 Å². The number of benzene rings is 2. The normalized spacial score (nSPS) is 14.7. The standard InChI is InChI=1S/C23H18BrClN2O4S/c1-2-29-16-6-4-15(5-7-16)27-22(28)20(26-23(27)32)12-17-8-9-18(31-17)13-30-21-10-3-14(24)11-19(21)25/h3-12H,2,13H2,1H3,(H,26,32)/b20-12+. The number of furan rings is 1. The molecule has 2 aromatic carbocycles. The molecule has 4 rings (SSSR count). The molecule has 0 aliphatic carbocycles. The molecule has 0 saturated carbocycles. The number of anilines is 1. The first-order valence-electron chi connectivity index (χ1n) is 9.71. The lowest BCUT2D eigenvalue weighted by Crippen LogP contribution is -2.30. The number of thiocarbonyl (C=S) groups is 1. The van der Waals surface area contributed by atoms with Crippen molar-refractivity contribution in [2.24, 2.45) is 0 Å². The molecule has 2 heterocycles. The summed E-state index contributed by atoms with van der Waals surface area (Å²) in [6, 6.07) is 16.1. The van der Waals surface area contributed by atoms with Gasteiger partial charge in [0.15, 0.2) is 5.11 Å². The summed E-state index contributed by atoms with van der Waals surface area (Å²) in [5.41, 5.74) is 0.973. The second-order valence-corrected chi connectivity index (χ2v) is 8.43. The summed E-state index contributed by atoms with van der Waals surface area (Å²) >= 11 is 14.9. The van der Waals surface area contributed by atoms with Crippen molar-refractivity contribution in [3.05, 3.63) is 81.3 Å². The van der Waals surface area contributed by atoms with Crippen LogP contribution in [-0.2, 0) is 11.4 Å². The van der Waals surface area contributed by atoms with Crippen molar-refractivity contribution in [3.8, 4) is 11.5 Å². The summed E-state index contributed by atoms with van der Waals surface area (Å²) in [7, 11) is 0. The molecule has 0 unspecified atom stereocenters. The highest BCUT2D eigenvalue weighted by molar-refractivity contribution is 9.10. The Hall–Kier alpha value is -2.81. The van der Waals surface area contributed by atoms with Crippen LogP contribution in [0.25, 0.3) is 6.08 Å². The van der Waals surface area contributed by atoms with Gasteiger partial charge in [-0.3, -0.25) is 9.69 Å². The fraction of sp³-hybridized carbons (Fsp3) is 0.130. The van der Waals surface area contributed by atoms with E-state index < -0.39 is 0 Å². The van der Waals surface area contributed by atoms with Crippen LogP contribution in [0.4, 0.5) is 5.69 Å². The predicted octanol–water partition coefficient (Wildman–Crippen LogP) is 5.94. The third-order valence-corrected chi connectivity index (χ3v) is 5.59. The number of hydrogen-bond donors (Lipinski definition) is 1. The maximum Gasteiger partial charge on any atom is 0.281 e. The van der Waals surface area contributed by atoms with Gasteiger partial charge in [0.05, 0.1) is 17.3 Å². The Kier molecular flexibility index (Phi) is 6.83. The van der Waals surface area contributed by atoms with Crippen molar-refractivity contribution in [2.45, 2.75) is 13.5 Å². The summed E-state index contributed by atoms with van der Waals surface area (Å²) in [5.74, 6) is 2.10. The number of carbonyl (C=O) groups excluding carboxylic acids is 1. The molecule has 0 radical (unpaired) electrons. The lowest BCUT2D eigenvalue weighted by molar-refractivity contribution is -0.113. The molecular formula is C23H18BrClN2O4S. The summed E-state index contributed by atoms with van der Waals surface area (Å²) in [6.07, 6.45) is 1.61. The highest BCUT2D eigenvalue weighted by Crippen LogP contribution is 2.29. The molecule has 3 aromatic rings. The van der Waals surface area contributed by atoms with Gasteiger partial charge in [-0.15, -0.1) is 0 Å². The molecular weight excluding hydrogens is 516 g/mol. The monoisotopic (exact) mass is 532 g/mol. The Bertz CT molecular complexity index is 1190. The maximum absolute atomic E-state index is 12.9. The van der Waals surface area contributed by atoms with Crippen LogP contribution in [0.15, 0.2) is 69.2 Å². The van der Waals surface area contributed by atoms with Crippen LogP contribution in [0.2, 0.25) is 5.02 Å². The number of rotatable bonds is 7. The average Bonchev–Trinajstić information content (AvgIpc) is 3.32. The van der Waals surface area contributed by atoms with Crippen LogP contribution in [0.1, 0.15) is 18.4 Å². The fourth-order valence-corrected chi connectivity index (χ4v) is 4.09. The van der Waals surface area contributed by atoms with Gasteiger partial charge < -0.3 is 19.2 Å². The van der Waals surface area contributed by atoms with E-state index in [1.165, 1.54) is 4.90 Å². The molecule has 0 spiro atoms. The fourth-order valence-electron chi connectivity index (χ4n) is 3.06. The van der Waals surface area contributed by atoms with Crippen molar-refractivity contribution >= 4 is 62.5 Å². The van der Waals surface area contributed by atoms with Crippen molar-refractivity contribution in [3.63, 3.8) is 0 Å². The molecule has 1 aliphatic rings. The summed E-state index contributed by atoms with van der Waals surface area (Å²) < 4.78 is 17.8. The molecule has 164 valence electrons. The molecule has 32 heavy (non-hydrogen) atoms. The number of ether oxygens (including phenoxy) is 2. The molecule has 1 amide bonds. The Balaban J connectivity index is 1.44. The molecule has 1 aliphatic heterocycles. The van der Waals surface area contributed by atoms with E-state index in [9.17, 15) is 4.79 Å². The van der Waals surface area contributed by atoms with Gasteiger partial charge in [-0.1, -0.05) is 27.5 Å². The lowest BCUT2D eigenvalue weighted by Gasteiger charge is -2.14. The van der Waals surface area contributed by atoms with Gasteiger partial charge in [-0.2, -0.15) is 0 Å². The van der Waals surface area contributed by atoms with Crippen molar-refractivity contribution < 1.29 is 18.7 Å². The lowest BCUT2D eigenvalue weighted by atomic mass is 10.2. The summed E-state index contributed by atoms with van der Waals surface area (Å²) in [5, 5.41) is 3.74. The zero-order chi connectivity index (χ0) is 22.7. The van der Waals surface area contributed by atoms with Gasteiger partial charge >= 0.3 is 0 Å². The molecule has 1 N–H and O–H groups in total. The molecule has 6 nitrogen and oxygen atoms in total. The van der Waals surface area contributed by atoms with Crippen LogP contribution < -0.4 is 19.7 Å². The third-order valence-electron chi connectivity index (χ3n) is 4.52. The van der Waals surface area contributed by atoms with Crippen LogP contribution in [0.3, 0.4) is 0 Å². The average molecular weight is 534 g/mol. The van der Waals surface area contributed by atoms with Gasteiger partial charge in [-0.25, -0.2) is 0 Å². The Labute approximate surface area is 203 Å². The Morgan fingerprint density at radius 2 is 1.94 bits per heavy atom. The number of halogens is 2. The highest BCUT2D eigenvalue weighted by atomic mass is 79.9. The zero-order valence-electron chi connectivity index (χ0n) is 16.9. The van der Waals surface area contributed by atoms with Crippen molar-refractivity contribution in [1.29, 1.82) is 0 Å². The SMILES string of the molecule is CCOc1ccc(N2C(=O)/C(=C\c3ccc(COc4ccc(Br)cc4Cl)o3)NC2=S)cc1. The van der Waals surface area contributed by atoms with Gasteiger partial charge in [0, 0.05) is 10.5 Å². The van der Waals surface area contributed by atoms with Gasteiger partial charge in [0.1, 0.15) is 35.3 Å². The van der Waals surface area contributed by atoms with E-state index in [1.807, 2.05) is 13.0 Å². The number of hydrogen-bond acceptors (Lipinski definition) is 5. The second-order valence-electron chi connectivity index (χ2n) is 6.72. The number of carbonyl (C=O) groups is 1. The Morgan fingerprint density at radius 3 is 2.66 bits per heavy atom. The molecule has 9 heteroatoms. The van der Waals surface area contributed by atoms with Gasteiger partial charge in [0.2, 0.25) is 0 Å². The molecule has 0 atom stereocenters. The van der Waals surface area contributed by atoms with Crippen LogP contribution in [-0.4, -0.2) is 17.6 Å². The van der Waals surface area contributed by atoms with E-state index in [2.05, 4.69) is 21.2 Å². The van der Waals surface area contributed by atoms with E-state index in [-0.39, 0.29) is 12.5 Å². The van der Waals surface area contributed by atoms with Gasteiger partial charge in [-0.05, 0) is 73.7 Å². The van der Waals surface area contributed by atoms with Crippen molar-refractivity contribution in [2.75, 3.05) is 11.5 Å². The molecule has 1 saturated heterocycles. The van der Waals surface area contributed by atoms with E-state index in [4.69, 9.17) is 37.7 Å². The van der Waals surface area contributed by atoms with Crippen molar-refractivity contribution in [1.82, 2.24) is 5.32 Å². The molecule has 0 bridgehead atoms. The zero-order valence-corrected chi connectivity index (χ0v) is 20.1. The number of nitrogens with one attached hydrogen (secondary N) is 1. The minimum Gasteiger partial charge on any atom is -0.494 e. The summed E-state index contributed by atoms with van der Waals surface area (Å²) in [6.45, 7) is 2.68. The van der Waals surface area contributed by atoms with Crippen LogP contribution in [0, 0.1) is 0 Å². The first-order valence-corrected chi connectivity index (χ1v) is 11.3. The topological polar surface area (TPSA) is 63.9 Å².